The largest absolute Gasteiger partial charge is 0.462 e. The summed E-state index contributed by atoms with van der Waals surface area (Å²) in [6.45, 7) is 6.33. The molecule has 0 aromatic rings. The zero-order chi connectivity index (χ0) is 43.8. The summed E-state index contributed by atoms with van der Waals surface area (Å²) in [5, 5.41) is 23.8. The first-order valence-corrected chi connectivity index (χ1v) is 25.6. The average molecular weight is 840 g/mol. The van der Waals surface area contributed by atoms with Gasteiger partial charge in [0.25, 0.3) is 0 Å². The van der Waals surface area contributed by atoms with Crippen molar-refractivity contribution in [3.63, 3.8) is 0 Å². The van der Waals surface area contributed by atoms with Crippen LogP contribution < -0.4 is 5.32 Å². The Labute approximate surface area is 371 Å². The Kier molecular flexibility index (Phi) is 45.7. The molecule has 6 heteroatoms. The molecular weight excluding hydrogens is 743 g/mol. The summed E-state index contributed by atoms with van der Waals surface area (Å²) in [7, 11) is 0. The summed E-state index contributed by atoms with van der Waals surface area (Å²) in [5.41, 5.74) is 0. The fourth-order valence-electron chi connectivity index (χ4n) is 7.55. The van der Waals surface area contributed by atoms with E-state index in [4.69, 9.17) is 4.74 Å². The Morgan fingerprint density at radius 1 is 0.500 bits per heavy atom. The van der Waals surface area contributed by atoms with Crippen LogP contribution in [0.1, 0.15) is 245 Å². The number of unbranched alkanes of at least 4 members (excludes halogenated alkanes) is 26. The maximum Gasteiger partial charge on any atom is 0.306 e. The van der Waals surface area contributed by atoms with Gasteiger partial charge in [-0.3, -0.25) is 9.59 Å². The number of carbonyl (C=O) groups is 2. The summed E-state index contributed by atoms with van der Waals surface area (Å²) in [6, 6.07) is -0.713. The number of allylic oxidation sites excluding steroid dienone is 10. The molecule has 1 amide bonds. The van der Waals surface area contributed by atoms with Crippen molar-refractivity contribution in [2.24, 2.45) is 0 Å². The topological polar surface area (TPSA) is 95.9 Å². The molecule has 3 atom stereocenters. The molecule has 0 aromatic heterocycles. The van der Waals surface area contributed by atoms with E-state index in [1.807, 2.05) is 24.3 Å². The number of amides is 1. The zero-order valence-electron chi connectivity index (χ0n) is 39.6. The van der Waals surface area contributed by atoms with Crippen molar-refractivity contribution in [2.45, 2.75) is 264 Å². The normalized spacial score (nSPS) is 13.8. The molecule has 6 nitrogen and oxygen atoms in total. The summed E-state index contributed by atoms with van der Waals surface area (Å²) in [6.07, 6.45) is 58.5. The third-order valence-electron chi connectivity index (χ3n) is 11.4. The summed E-state index contributed by atoms with van der Waals surface area (Å²) in [4.78, 5) is 26.1. The van der Waals surface area contributed by atoms with Gasteiger partial charge < -0.3 is 20.3 Å². The molecule has 3 N–H and O–H groups in total. The van der Waals surface area contributed by atoms with Gasteiger partial charge in [-0.25, -0.2) is 0 Å². The van der Waals surface area contributed by atoms with Crippen LogP contribution in [-0.2, 0) is 14.3 Å². The average Bonchev–Trinajstić information content (AvgIpc) is 3.24. The van der Waals surface area contributed by atoms with E-state index >= 15 is 0 Å². The van der Waals surface area contributed by atoms with Gasteiger partial charge in [-0.1, -0.05) is 223 Å². The molecule has 0 saturated carbocycles. The molecule has 0 aliphatic carbocycles. The van der Waals surface area contributed by atoms with Crippen molar-refractivity contribution in [2.75, 3.05) is 6.61 Å². The molecule has 0 saturated heterocycles. The molecule has 0 aliphatic heterocycles. The van der Waals surface area contributed by atoms with Gasteiger partial charge >= 0.3 is 5.97 Å². The molecule has 0 fully saturated rings. The molecule has 0 spiro atoms. The quantitative estimate of drug-likeness (QED) is 0.0246. The lowest BCUT2D eigenvalue weighted by Gasteiger charge is -2.24. The van der Waals surface area contributed by atoms with Crippen molar-refractivity contribution in [3.05, 3.63) is 60.8 Å². The van der Waals surface area contributed by atoms with Crippen molar-refractivity contribution in [1.82, 2.24) is 5.32 Å². The predicted molar refractivity (Wildman–Crippen MR) is 259 cm³/mol. The Morgan fingerprint density at radius 3 is 1.42 bits per heavy atom. The molecular formula is C54H97NO5. The fourth-order valence-corrected chi connectivity index (χ4v) is 7.55. The Bertz CT molecular complexity index is 1080. The number of rotatable bonds is 45. The number of hydrogen-bond donors (Lipinski definition) is 3. The second-order valence-electron chi connectivity index (χ2n) is 17.3. The fraction of sp³-hybridized carbons (Fsp3) is 0.778. The van der Waals surface area contributed by atoms with Crippen LogP contribution in [0.15, 0.2) is 60.8 Å². The minimum absolute atomic E-state index is 0.0551. The maximum absolute atomic E-state index is 13.2. The zero-order valence-corrected chi connectivity index (χ0v) is 39.6. The van der Waals surface area contributed by atoms with Crippen LogP contribution >= 0.6 is 0 Å². The first-order chi connectivity index (χ1) is 29.5. The van der Waals surface area contributed by atoms with Gasteiger partial charge in [0.15, 0.2) is 0 Å². The van der Waals surface area contributed by atoms with E-state index in [9.17, 15) is 19.8 Å². The third-order valence-corrected chi connectivity index (χ3v) is 11.4. The molecule has 0 aromatic carbocycles. The Balaban J connectivity index is 4.65. The van der Waals surface area contributed by atoms with Gasteiger partial charge in [-0.2, -0.15) is 0 Å². The number of esters is 1. The van der Waals surface area contributed by atoms with E-state index in [1.165, 1.54) is 122 Å². The summed E-state index contributed by atoms with van der Waals surface area (Å²) < 4.78 is 5.91. The summed E-state index contributed by atoms with van der Waals surface area (Å²) >= 11 is 0. The molecule has 3 unspecified atom stereocenters. The highest BCUT2D eigenvalue weighted by Gasteiger charge is 2.24. The molecule has 60 heavy (non-hydrogen) atoms. The van der Waals surface area contributed by atoms with E-state index in [0.29, 0.717) is 19.3 Å². The molecule has 0 aliphatic rings. The van der Waals surface area contributed by atoms with Crippen LogP contribution in [0.25, 0.3) is 0 Å². The molecule has 348 valence electrons. The smallest absolute Gasteiger partial charge is 0.306 e. The van der Waals surface area contributed by atoms with Crippen molar-refractivity contribution in [3.8, 4) is 0 Å². The van der Waals surface area contributed by atoms with Crippen molar-refractivity contribution < 1.29 is 24.5 Å². The Hall–Kier alpha value is -2.44. The highest BCUT2D eigenvalue weighted by Crippen LogP contribution is 2.17. The van der Waals surface area contributed by atoms with Crippen LogP contribution in [0.3, 0.4) is 0 Å². The van der Waals surface area contributed by atoms with Gasteiger partial charge in [-0.15, -0.1) is 0 Å². The standard InChI is InChI=1S/C54H97NO5/c1-4-7-10-13-16-19-22-25-26-29-30-33-36-39-42-45-50(60-54(59)47-44-41-38-35-32-28-24-21-18-15-12-9-6-3)48-53(58)55-51(49-56)52(57)46-43-40-37-34-31-27-23-20-17-14-11-8-5-2/h9,12,15,18,21,24-26,28,32,50-52,56-57H,4-8,10-11,13-14,16-17,19-20,22-23,27,29-31,33-49H2,1-3H3,(H,55,58)/b12-9+,18-15+,24-21-,26-25+,32-28-. The molecule has 0 radical (unpaired) electrons. The first-order valence-electron chi connectivity index (χ1n) is 25.6. The lowest BCUT2D eigenvalue weighted by atomic mass is 10.0. The van der Waals surface area contributed by atoms with Gasteiger partial charge in [0.05, 0.1) is 25.2 Å². The van der Waals surface area contributed by atoms with Crippen LogP contribution in [-0.4, -0.2) is 46.9 Å². The predicted octanol–water partition coefficient (Wildman–Crippen LogP) is 15.2. The lowest BCUT2D eigenvalue weighted by Crippen LogP contribution is -2.46. The first kappa shape index (κ1) is 57.6. The number of hydrogen-bond acceptors (Lipinski definition) is 5. The van der Waals surface area contributed by atoms with Crippen LogP contribution in [0.5, 0.6) is 0 Å². The number of nitrogens with one attached hydrogen (secondary N) is 1. The minimum atomic E-state index is -0.797. The number of aliphatic hydroxyl groups is 2. The number of aliphatic hydroxyl groups excluding tert-OH is 2. The number of ether oxygens (including phenoxy) is 1. The summed E-state index contributed by atoms with van der Waals surface area (Å²) in [5.74, 6) is -0.526. The van der Waals surface area contributed by atoms with E-state index in [2.05, 4.69) is 62.5 Å². The molecule has 0 rings (SSSR count). The van der Waals surface area contributed by atoms with Gasteiger partial charge in [0.2, 0.25) is 5.91 Å². The van der Waals surface area contributed by atoms with Gasteiger partial charge in [0.1, 0.15) is 6.10 Å². The van der Waals surface area contributed by atoms with Crippen LogP contribution in [0.2, 0.25) is 0 Å². The SMILES string of the molecule is CC/C=C/C=C/C=C\C=C/CCCCCC(=O)OC(CCCCCCC/C=C/CCCCCCCC)CC(=O)NC(CO)C(O)CCCCCCCCCCCCCCC. The van der Waals surface area contributed by atoms with Gasteiger partial charge in [-0.05, 0) is 70.6 Å². The second kappa shape index (κ2) is 47.6. The number of carbonyl (C=O) groups excluding carboxylic acids is 2. The van der Waals surface area contributed by atoms with E-state index in [0.717, 1.165) is 77.0 Å². The van der Waals surface area contributed by atoms with Crippen molar-refractivity contribution >= 4 is 11.9 Å². The van der Waals surface area contributed by atoms with Gasteiger partial charge in [0, 0.05) is 6.42 Å². The highest BCUT2D eigenvalue weighted by molar-refractivity contribution is 5.77. The molecule has 0 bridgehead atoms. The van der Waals surface area contributed by atoms with E-state index < -0.39 is 18.2 Å². The third kappa shape index (κ3) is 42.3. The lowest BCUT2D eigenvalue weighted by molar-refractivity contribution is -0.151. The van der Waals surface area contributed by atoms with Crippen molar-refractivity contribution in [1.29, 1.82) is 0 Å². The van der Waals surface area contributed by atoms with E-state index in [1.54, 1.807) is 0 Å². The minimum Gasteiger partial charge on any atom is -0.462 e. The maximum atomic E-state index is 13.2. The highest BCUT2D eigenvalue weighted by atomic mass is 16.5. The second-order valence-corrected chi connectivity index (χ2v) is 17.3. The monoisotopic (exact) mass is 840 g/mol. The van der Waals surface area contributed by atoms with E-state index in [-0.39, 0.29) is 24.9 Å². The van der Waals surface area contributed by atoms with Crippen LogP contribution in [0, 0.1) is 0 Å². The molecule has 0 heterocycles. The Morgan fingerprint density at radius 2 is 0.917 bits per heavy atom. The van der Waals surface area contributed by atoms with Crippen LogP contribution in [0.4, 0.5) is 0 Å².